The molecule has 1 atom stereocenters. The summed E-state index contributed by atoms with van der Waals surface area (Å²) in [6.45, 7) is 2.60. The maximum atomic E-state index is 11.7. The fourth-order valence-corrected chi connectivity index (χ4v) is 2.46. The van der Waals surface area contributed by atoms with Crippen molar-refractivity contribution in [3.63, 3.8) is 0 Å². The average Bonchev–Trinajstić information content (AvgIpc) is 2.29. The highest BCUT2D eigenvalue weighted by atomic mass is 32.2. The Kier molecular flexibility index (Phi) is 5.69. The van der Waals surface area contributed by atoms with Crippen LogP contribution in [0.3, 0.4) is 0 Å². The number of carbonyl (C=O) groups excluding carboxylic acids is 1. The summed E-state index contributed by atoms with van der Waals surface area (Å²) in [6, 6.07) is 7.27. The molecular weight excluding hydrogens is 236 g/mol. The lowest BCUT2D eigenvalue weighted by Crippen LogP contribution is -2.29. The lowest BCUT2D eigenvalue weighted by molar-refractivity contribution is -0.118. The molecule has 1 aromatic carbocycles. The van der Waals surface area contributed by atoms with Gasteiger partial charge in [0, 0.05) is 23.0 Å². The second kappa shape index (κ2) is 7.06. The Bertz CT molecular complexity index is 407. The summed E-state index contributed by atoms with van der Waals surface area (Å²) in [6.07, 6.45) is 0.879. The Morgan fingerprint density at radius 1 is 1.41 bits per heavy atom. The molecule has 0 fully saturated rings. The van der Waals surface area contributed by atoms with Crippen molar-refractivity contribution < 1.29 is 9.00 Å². The first-order valence-electron chi connectivity index (χ1n) is 5.58. The van der Waals surface area contributed by atoms with E-state index in [0.717, 1.165) is 12.0 Å². The number of nitrogens with one attached hydrogen (secondary N) is 1. The van der Waals surface area contributed by atoms with Crippen LogP contribution in [0.2, 0.25) is 0 Å². The molecule has 0 saturated heterocycles. The minimum Gasteiger partial charge on any atom is -0.398 e. The quantitative estimate of drug-likeness (QED) is 0.745. The van der Waals surface area contributed by atoms with Crippen LogP contribution in [0.5, 0.6) is 0 Å². The van der Waals surface area contributed by atoms with Crippen molar-refractivity contribution in [1.29, 1.82) is 0 Å². The molecule has 0 bridgehead atoms. The smallest absolute Gasteiger partial charge is 0.232 e. The molecule has 1 amide bonds. The highest BCUT2D eigenvalue weighted by Gasteiger charge is 2.09. The summed E-state index contributed by atoms with van der Waals surface area (Å²) in [4.78, 5) is 11.4. The summed E-state index contributed by atoms with van der Waals surface area (Å²) in [7, 11) is -1.21. The fourth-order valence-electron chi connectivity index (χ4n) is 1.35. The van der Waals surface area contributed by atoms with E-state index in [9.17, 15) is 9.00 Å². The lowest BCUT2D eigenvalue weighted by Gasteiger charge is -2.06. The first kappa shape index (κ1) is 13.7. The molecule has 0 aliphatic carbocycles. The van der Waals surface area contributed by atoms with Gasteiger partial charge in [0.25, 0.3) is 0 Å². The largest absolute Gasteiger partial charge is 0.398 e. The van der Waals surface area contributed by atoms with Gasteiger partial charge in [-0.05, 0) is 18.1 Å². The molecule has 94 valence electrons. The molecule has 1 aromatic rings. The van der Waals surface area contributed by atoms with E-state index < -0.39 is 10.8 Å². The Morgan fingerprint density at radius 2 is 2.12 bits per heavy atom. The number of nitrogens with two attached hydrogens (primary N) is 1. The summed E-state index contributed by atoms with van der Waals surface area (Å²) in [5.41, 5.74) is 7.19. The fraction of sp³-hybridized carbons (Fsp3) is 0.417. The van der Waals surface area contributed by atoms with Crippen molar-refractivity contribution in [2.75, 3.05) is 18.0 Å². The second-order valence-electron chi connectivity index (χ2n) is 3.78. The van der Waals surface area contributed by atoms with Gasteiger partial charge in [-0.15, -0.1) is 0 Å². The number of hydrogen-bond donors (Lipinski definition) is 2. The zero-order valence-corrected chi connectivity index (χ0v) is 10.8. The SMILES string of the molecule is CCCNC(=O)CS(=O)Cc1ccccc1N. The highest BCUT2D eigenvalue weighted by Crippen LogP contribution is 2.12. The topological polar surface area (TPSA) is 72.2 Å². The lowest BCUT2D eigenvalue weighted by atomic mass is 10.2. The second-order valence-corrected chi connectivity index (χ2v) is 5.23. The minimum atomic E-state index is -1.21. The molecule has 1 rings (SSSR count). The van der Waals surface area contributed by atoms with E-state index >= 15 is 0 Å². The van der Waals surface area contributed by atoms with Gasteiger partial charge in [-0.3, -0.25) is 9.00 Å². The monoisotopic (exact) mass is 254 g/mol. The van der Waals surface area contributed by atoms with Gasteiger partial charge >= 0.3 is 0 Å². The molecule has 4 nitrogen and oxygen atoms in total. The number of anilines is 1. The van der Waals surface area contributed by atoms with E-state index in [0.29, 0.717) is 18.0 Å². The van der Waals surface area contributed by atoms with Crippen LogP contribution in [0.4, 0.5) is 5.69 Å². The van der Waals surface area contributed by atoms with Gasteiger partial charge in [0.05, 0.1) is 5.75 Å². The van der Waals surface area contributed by atoms with E-state index in [1.54, 1.807) is 6.07 Å². The number of hydrogen-bond acceptors (Lipinski definition) is 3. The first-order valence-corrected chi connectivity index (χ1v) is 7.07. The molecule has 0 heterocycles. The van der Waals surface area contributed by atoms with Gasteiger partial charge in [-0.1, -0.05) is 25.1 Å². The molecule has 17 heavy (non-hydrogen) atoms. The Labute approximate surface area is 104 Å². The summed E-state index contributed by atoms with van der Waals surface area (Å²) in [5.74, 6) is 0.195. The van der Waals surface area contributed by atoms with Crippen molar-refractivity contribution >= 4 is 22.4 Å². The molecule has 5 heteroatoms. The van der Waals surface area contributed by atoms with E-state index in [1.165, 1.54) is 0 Å². The molecule has 0 radical (unpaired) electrons. The summed E-state index contributed by atoms with van der Waals surface area (Å²) >= 11 is 0. The number of carbonyl (C=O) groups is 1. The minimum absolute atomic E-state index is 0.0360. The third kappa shape index (κ3) is 4.99. The molecule has 0 aliphatic heterocycles. The van der Waals surface area contributed by atoms with Gasteiger partial charge in [0.2, 0.25) is 5.91 Å². The molecule has 0 aromatic heterocycles. The zero-order chi connectivity index (χ0) is 12.7. The number of benzene rings is 1. The maximum Gasteiger partial charge on any atom is 0.232 e. The average molecular weight is 254 g/mol. The van der Waals surface area contributed by atoms with Crippen molar-refractivity contribution in [2.45, 2.75) is 19.1 Å². The van der Waals surface area contributed by atoms with Crippen LogP contribution in [0.1, 0.15) is 18.9 Å². The van der Waals surface area contributed by atoms with Crippen molar-refractivity contribution in [2.24, 2.45) is 0 Å². The molecule has 0 spiro atoms. The van der Waals surface area contributed by atoms with Gasteiger partial charge in [0.1, 0.15) is 5.75 Å². The highest BCUT2D eigenvalue weighted by molar-refractivity contribution is 7.84. The van der Waals surface area contributed by atoms with Gasteiger partial charge in [0.15, 0.2) is 0 Å². The van der Waals surface area contributed by atoms with Gasteiger partial charge in [-0.25, -0.2) is 0 Å². The number of nitrogen functional groups attached to an aromatic ring is 1. The Morgan fingerprint density at radius 3 is 2.76 bits per heavy atom. The van der Waals surface area contributed by atoms with Crippen LogP contribution in [0, 0.1) is 0 Å². The van der Waals surface area contributed by atoms with E-state index in [1.807, 2.05) is 25.1 Å². The van der Waals surface area contributed by atoms with E-state index in [4.69, 9.17) is 5.73 Å². The maximum absolute atomic E-state index is 11.7. The van der Waals surface area contributed by atoms with E-state index in [2.05, 4.69) is 5.32 Å². The standard InChI is InChI=1S/C12H18N2O2S/c1-2-7-14-12(15)9-17(16)8-10-5-3-4-6-11(10)13/h3-6H,2,7-9,13H2,1H3,(H,14,15). The van der Waals surface area contributed by atoms with Crippen molar-refractivity contribution in [3.8, 4) is 0 Å². The third-order valence-corrected chi connectivity index (χ3v) is 3.45. The molecule has 1 unspecified atom stereocenters. The van der Waals surface area contributed by atoms with Crippen molar-refractivity contribution in [1.82, 2.24) is 5.32 Å². The van der Waals surface area contributed by atoms with Crippen LogP contribution < -0.4 is 11.1 Å². The Balaban J connectivity index is 2.45. The molecule has 3 N–H and O–H groups in total. The van der Waals surface area contributed by atoms with Crippen molar-refractivity contribution in [3.05, 3.63) is 29.8 Å². The molecular formula is C12H18N2O2S. The summed E-state index contributed by atoms with van der Waals surface area (Å²) in [5, 5.41) is 2.70. The van der Waals surface area contributed by atoms with Crippen LogP contribution in [0.15, 0.2) is 24.3 Å². The van der Waals surface area contributed by atoms with Crippen LogP contribution in [0.25, 0.3) is 0 Å². The molecule has 0 saturated carbocycles. The van der Waals surface area contributed by atoms with E-state index in [-0.39, 0.29) is 11.7 Å². The molecule has 0 aliphatic rings. The Hall–Kier alpha value is -1.36. The van der Waals surface area contributed by atoms with Gasteiger partial charge < -0.3 is 11.1 Å². The van der Waals surface area contributed by atoms with Crippen LogP contribution >= 0.6 is 0 Å². The number of rotatable bonds is 6. The zero-order valence-electron chi connectivity index (χ0n) is 9.94. The van der Waals surface area contributed by atoms with Crippen LogP contribution in [-0.2, 0) is 21.3 Å². The first-order chi connectivity index (χ1) is 8.13. The predicted octanol–water partition coefficient (Wildman–Crippen LogP) is 1.04. The van der Waals surface area contributed by atoms with Gasteiger partial charge in [-0.2, -0.15) is 0 Å². The normalized spacial score (nSPS) is 12.1. The number of amides is 1. The number of para-hydroxylation sites is 1. The predicted molar refractivity (Wildman–Crippen MR) is 70.9 cm³/mol. The third-order valence-electron chi connectivity index (χ3n) is 2.24. The summed E-state index contributed by atoms with van der Waals surface area (Å²) < 4.78 is 11.7. The van der Waals surface area contributed by atoms with Crippen LogP contribution in [-0.4, -0.2) is 22.4 Å².